The topological polar surface area (TPSA) is 68.0 Å². The molecule has 3 rings (SSSR count). The number of nitrogens with one attached hydrogen (secondary N) is 2. The molecule has 6 nitrogen and oxygen atoms in total. The maximum Gasteiger partial charge on any atom is 0.191 e. The Labute approximate surface area is 156 Å². The highest BCUT2D eigenvalue weighted by Gasteiger charge is 2.20. The van der Waals surface area contributed by atoms with Crippen molar-refractivity contribution in [1.82, 2.24) is 10.6 Å². The first-order chi connectivity index (χ1) is 12.9. The molecule has 1 saturated heterocycles. The van der Waals surface area contributed by atoms with Crippen LogP contribution in [0, 0.1) is 5.92 Å². The van der Waals surface area contributed by atoms with Crippen molar-refractivity contribution < 1.29 is 13.9 Å². The van der Waals surface area contributed by atoms with Crippen molar-refractivity contribution in [2.75, 3.05) is 39.5 Å². The van der Waals surface area contributed by atoms with Crippen molar-refractivity contribution in [3.05, 3.63) is 24.2 Å². The van der Waals surface area contributed by atoms with E-state index in [0.29, 0.717) is 6.54 Å². The fourth-order valence-corrected chi connectivity index (χ4v) is 2.99. The normalized spacial score (nSPS) is 20.9. The molecule has 1 unspecified atom stereocenters. The second kappa shape index (κ2) is 11.2. The van der Waals surface area contributed by atoms with Gasteiger partial charge in [0.25, 0.3) is 0 Å². The van der Waals surface area contributed by atoms with E-state index in [4.69, 9.17) is 18.9 Å². The lowest BCUT2D eigenvalue weighted by molar-refractivity contribution is 0.0224. The van der Waals surface area contributed by atoms with Crippen LogP contribution in [-0.4, -0.2) is 51.5 Å². The van der Waals surface area contributed by atoms with Gasteiger partial charge in [0.1, 0.15) is 5.76 Å². The molecule has 1 atom stereocenters. The predicted octanol–water partition coefficient (Wildman–Crippen LogP) is 2.74. The maximum absolute atomic E-state index is 5.78. The van der Waals surface area contributed by atoms with Gasteiger partial charge in [-0.3, -0.25) is 4.99 Å². The number of furan rings is 1. The summed E-state index contributed by atoms with van der Waals surface area (Å²) in [5.41, 5.74) is 0. The Kier molecular flexibility index (Phi) is 8.32. The number of rotatable bonds is 11. The molecule has 2 heterocycles. The molecule has 146 valence electrons. The van der Waals surface area contributed by atoms with E-state index < -0.39 is 0 Å². The molecule has 2 aliphatic rings. The van der Waals surface area contributed by atoms with E-state index in [1.54, 1.807) is 6.26 Å². The predicted molar refractivity (Wildman–Crippen MR) is 102 cm³/mol. The second-order valence-corrected chi connectivity index (χ2v) is 7.23. The molecule has 6 heteroatoms. The first kappa shape index (κ1) is 19.2. The summed E-state index contributed by atoms with van der Waals surface area (Å²) in [6, 6.07) is 3.92. The Balaban J connectivity index is 1.35. The Bertz CT molecular complexity index is 508. The van der Waals surface area contributed by atoms with Gasteiger partial charge in [0.15, 0.2) is 5.96 Å². The molecule has 1 saturated carbocycles. The molecule has 2 fully saturated rings. The van der Waals surface area contributed by atoms with Gasteiger partial charge in [-0.2, -0.15) is 0 Å². The highest BCUT2D eigenvalue weighted by molar-refractivity contribution is 5.79. The van der Waals surface area contributed by atoms with Gasteiger partial charge < -0.3 is 24.5 Å². The minimum atomic E-state index is 0.259. The van der Waals surface area contributed by atoms with E-state index in [1.165, 1.54) is 25.7 Å². The summed E-state index contributed by atoms with van der Waals surface area (Å²) in [6.45, 7) is 4.99. The molecule has 1 aliphatic carbocycles. The molecule has 0 aromatic carbocycles. The van der Waals surface area contributed by atoms with E-state index >= 15 is 0 Å². The average Bonchev–Trinajstić information content (AvgIpc) is 3.36. The molecule has 0 spiro atoms. The zero-order valence-electron chi connectivity index (χ0n) is 15.8. The van der Waals surface area contributed by atoms with Crippen LogP contribution in [0.15, 0.2) is 27.8 Å². The molecule has 1 aromatic rings. The minimum absolute atomic E-state index is 0.259. The zero-order valence-corrected chi connectivity index (χ0v) is 15.8. The standard InChI is InChI=1S/C20H33N3O3/c1-2-13-26-19(5-1)15-23-20(22-11-9-18-6-3-14-25-18)21-10-4-12-24-16-17-7-8-17/h3,6,14,17,19H,1-2,4-5,7-13,15-16H2,(H2,21,22,23). The Hall–Kier alpha value is -1.53. The van der Waals surface area contributed by atoms with Crippen LogP contribution in [0.1, 0.15) is 44.3 Å². The number of guanidine groups is 1. The molecule has 0 bridgehead atoms. The van der Waals surface area contributed by atoms with Gasteiger partial charge in [-0.15, -0.1) is 0 Å². The van der Waals surface area contributed by atoms with Crippen molar-refractivity contribution in [1.29, 1.82) is 0 Å². The van der Waals surface area contributed by atoms with Gasteiger partial charge in [-0.25, -0.2) is 0 Å². The smallest absolute Gasteiger partial charge is 0.191 e. The average molecular weight is 364 g/mol. The SMILES string of the molecule is c1coc(CCNC(=NCC2CCCCO2)NCCCOCC2CC2)c1. The van der Waals surface area contributed by atoms with Gasteiger partial charge in [-0.05, 0) is 56.6 Å². The molecule has 1 aliphatic heterocycles. The quantitative estimate of drug-likeness (QED) is 0.359. The van der Waals surface area contributed by atoms with Gasteiger partial charge in [0.05, 0.1) is 18.9 Å². The molecule has 0 radical (unpaired) electrons. The van der Waals surface area contributed by atoms with Gasteiger partial charge in [0, 0.05) is 39.3 Å². The summed E-state index contributed by atoms with van der Waals surface area (Å²) < 4.78 is 16.9. The lowest BCUT2D eigenvalue weighted by Gasteiger charge is -2.21. The van der Waals surface area contributed by atoms with Crippen molar-refractivity contribution in [3.63, 3.8) is 0 Å². The van der Waals surface area contributed by atoms with Crippen LogP contribution in [0.5, 0.6) is 0 Å². The van der Waals surface area contributed by atoms with Gasteiger partial charge in [0.2, 0.25) is 0 Å². The summed E-state index contributed by atoms with van der Waals surface area (Å²) in [5.74, 6) is 2.67. The summed E-state index contributed by atoms with van der Waals surface area (Å²) in [5, 5.41) is 6.82. The number of hydrogen-bond acceptors (Lipinski definition) is 4. The van der Waals surface area contributed by atoms with E-state index in [-0.39, 0.29) is 6.10 Å². The summed E-state index contributed by atoms with van der Waals surface area (Å²) in [6.07, 6.45) is 10.0. The summed E-state index contributed by atoms with van der Waals surface area (Å²) in [4.78, 5) is 4.72. The van der Waals surface area contributed by atoms with Gasteiger partial charge in [-0.1, -0.05) is 0 Å². The van der Waals surface area contributed by atoms with E-state index in [2.05, 4.69) is 10.6 Å². The van der Waals surface area contributed by atoms with Crippen LogP contribution in [0.4, 0.5) is 0 Å². The largest absolute Gasteiger partial charge is 0.469 e. The second-order valence-electron chi connectivity index (χ2n) is 7.23. The number of aliphatic imine (C=N–C) groups is 1. The van der Waals surface area contributed by atoms with Crippen LogP contribution >= 0.6 is 0 Å². The number of ether oxygens (including phenoxy) is 2. The lowest BCUT2D eigenvalue weighted by Crippen LogP contribution is -2.40. The monoisotopic (exact) mass is 363 g/mol. The molecule has 1 aromatic heterocycles. The van der Waals surface area contributed by atoms with Crippen LogP contribution in [0.3, 0.4) is 0 Å². The number of nitrogens with zero attached hydrogens (tertiary/aromatic N) is 1. The minimum Gasteiger partial charge on any atom is -0.469 e. The lowest BCUT2D eigenvalue weighted by atomic mass is 10.1. The molecule has 26 heavy (non-hydrogen) atoms. The third-order valence-electron chi connectivity index (χ3n) is 4.78. The van der Waals surface area contributed by atoms with Crippen molar-refractivity contribution >= 4 is 5.96 Å². The molecule has 0 amide bonds. The Morgan fingerprint density at radius 1 is 1.19 bits per heavy atom. The number of hydrogen-bond donors (Lipinski definition) is 2. The fraction of sp³-hybridized carbons (Fsp3) is 0.750. The highest BCUT2D eigenvalue weighted by atomic mass is 16.5. The van der Waals surface area contributed by atoms with Crippen molar-refractivity contribution in [3.8, 4) is 0 Å². The molecular formula is C20H33N3O3. The first-order valence-electron chi connectivity index (χ1n) is 10.1. The van der Waals surface area contributed by atoms with E-state index in [1.807, 2.05) is 12.1 Å². The fourth-order valence-electron chi connectivity index (χ4n) is 2.99. The van der Waals surface area contributed by atoms with Gasteiger partial charge >= 0.3 is 0 Å². The summed E-state index contributed by atoms with van der Waals surface area (Å²) in [7, 11) is 0. The van der Waals surface area contributed by atoms with Crippen LogP contribution in [0.25, 0.3) is 0 Å². The Morgan fingerprint density at radius 2 is 2.12 bits per heavy atom. The third kappa shape index (κ3) is 7.79. The maximum atomic E-state index is 5.78. The van der Waals surface area contributed by atoms with Crippen LogP contribution in [-0.2, 0) is 15.9 Å². The van der Waals surface area contributed by atoms with Crippen molar-refractivity contribution in [2.45, 2.75) is 51.0 Å². The summed E-state index contributed by atoms with van der Waals surface area (Å²) >= 11 is 0. The Morgan fingerprint density at radius 3 is 2.88 bits per heavy atom. The third-order valence-corrected chi connectivity index (χ3v) is 4.78. The van der Waals surface area contributed by atoms with E-state index in [9.17, 15) is 0 Å². The zero-order chi connectivity index (χ0) is 17.9. The molecule has 2 N–H and O–H groups in total. The first-order valence-corrected chi connectivity index (χ1v) is 10.1. The van der Waals surface area contributed by atoms with Crippen LogP contribution in [0.2, 0.25) is 0 Å². The van der Waals surface area contributed by atoms with Crippen molar-refractivity contribution in [2.24, 2.45) is 10.9 Å². The highest BCUT2D eigenvalue weighted by Crippen LogP contribution is 2.28. The molecular weight excluding hydrogens is 330 g/mol. The van der Waals surface area contributed by atoms with E-state index in [0.717, 1.165) is 69.8 Å². The van der Waals surface area contributed by atoms with Crippen LogP contribution < -0.4 is 10.6 Å².